The molecule has 0 saturated heterocycles. The molecule has 4 aromatic rings. The summed E-state index contributed by atoms with van der Waals surface area (Å²) in [6.07, 6.45) is 0. The van der Waals surface area contributed by atoms with E-state index in [4.69, 9.17) is 9.97 Å². The lowest BCUT2D eigenvalue weighted by Crippen LogP contribution is -1.85. The van der Waals surface area contributed by atoms with Gasteiger partial charge in [-0.3, -0.25) is 0 Å². The molecule has 2 heterocycles. The van der Waals surface area contributed by atoms with Crippen molar-refractivity contribution in [1.82, 2.24) is 9.97 Å². The molecule has 0 N–H and O–H groups in total. The molecule has 0 spiro atoms. The SMILES string of the molecule is Cc1ccc(-c2csc(-c3nc(-c4ccccc4)cs3)n2)c(C)c1. The highest BCUT2D eigenvalue weighted by atomic mass is 32.1. The highest BCUT2D eigenvalue weighted by molar-refractivity contribution is 7.20. The number of thiazole rings is 2. The number of aryl methyl sites for hydroxylation is 2. The predicted molar refractivity (Wildman–Crippen MR) is 104 cm³/mol. The fourth-order valence-corrected chi connectivity index (χ4v) is 4.41. The zero-order chi connectivity index (χ0) is 16.5. The van der Waals surface area contributed by atoms with E-state index in [9.17, 15) is 0 Å². The minimum absolute atomic E-state index is 0.981. The van der Waals surface area contributed by atoms with Crippen molar-refractivity contribution in [3.8, 4) is 32.5 Å². The van der Waals surface area contributed by atoms with Crippen LogP contribution < -0.4 is 0 Å². The van der Waals surface area contributed by atoms with E-state index in [1.807, 2.05) is 18.2 Å². The van der Waals surface area contributed by atoms with Gasteiger partial charge < -0.3 is 0 Å². The average molecular weight is 348 g/mol. The van der Waals surface area contributed by atoms with Gasteiger partial charge in [-0.1, -0.05) is 54.1 Å². The number of aromatic nitrogens is 2. The Morgan fingerprint density at radius 3 is 2.12 bits per heavy atom. The molecular formula is C20H16N2S2. The molecule has 24 heavy (non-hydrogen) atoms. The van der Waals surface area contributed by atoms with Crippen LogP contribution in [-0.2, 0) is 0 Å². The van der Waals surface area contributed by atoms with E-state index in [1.165, 1.54) is 16.7 Å². The third-order valence-corrected chi connectivity index (χ3v) is 5.75. The monoisotopic (exact) mass is 348 g/mol. The molecule has 0 atom stereocenters. The minimum atomic E-state index is 0.981. The van der Waals surface area contributed by atoms with Crippen LogP contribution >= 0.6 is 22.7 Å². The molecule has 0 fully saturated rings. The standard InChI is InChI=1S/C20H16N2S2/c1-13-8-9-16(14(2)10-13)18-12-24-20(22-18)19-21-17(11-23-19)15-6-4-3-5-7-15/h3-12H,1-2H3. The summed E-state index contributed by atoms with van der Waals surface area (Å²) in [6.45, 7) is 4.25. The number of hydrogen-bond acceptors (Lipinski definition) is 4. The lowest BCUT2D eigenvalue weighted by Gasteiger charge is -2.03. The van der Waals surface area contributed by atoms with Crippen molar-refractivity contribution in [1.29, 1.82) is 0 Å². The number of nitrogens with zero attached hydrogens (tertiary/aromatic N) is 2. The van der Waals surface area contributed by atoms with Crippen LogP contribution in [0.2, 0.25) is 0 Å². The Morgan fingerprint density at radius 1 is 0.750 bits per heavy atom. The Morgan fingerprint density at radius 2 is 1.42 bits per heavy atom. The lowest BCUT2D eigenvalue weighted by atomic mass is 10.0. The first-order valence-electron chi connectivity index (χ1n) is 7.75. The molecule has 2 nitrogen and oxygen atoms in total. The van der Waals surface area contributed by atoms with Gasteiger partial charge in [0.1, 0.15) is 0 Å². The molecule has 4 rings (SSSR count). The third kappa shape index (κ3) is 2.90. The summed E-state index contributed by atoms with van der Waals surface area (Å²) in [5, 5.41) is 6.19. The van der Waals surface area contributed by atoms with Gasteiger partial charge in [-0.2, -0.15) is 0 Å². The molecule has 4 heteroatoms. The van der Waals surface area contributed by atoms with Gasteiger partial charge in [-0.05, 0) is 19.4 Å². The van der Waals surface area contributed by atoms with Crippen LogP contribution in [0.25, 0.3) is 32.5 Å². The van der Waals surface area contributed by atoms with Crippen LogP contribution in [0.5, 0.6) is 0 Å². The van der Waals surface area contributed by atoms with Gasteiger partial charge in [0.2, 0.25) is 0 Å². The maximum atomic E-state index is 4.81. The Bertz CT molecular complexity index is 984. The Balaban J connectivity index is 1.67. The molecule has 0 amide bonds. The van der Waals surface area contributed by atoms with E-state index in [0.717, 1.165) is 27.0 Å². The van der Waals surface area contributed by atoms with Crippen molar-refractivity contribution < 1.29 is 0 Å². The fraction of sp³-hybridized carbons (Fsp3) is 0.100. The van der Waals surface area contributed by atoms with Crippen LogP contribution in [0.1, 0.15) is 11.1 Å². The Hall–Kier alpha value is -2.30. The van der Waals surface area contributed by atoms with Gasteiger partial charge in [0.05, 0.1) is 11.4 Å². The van der Waals surface area contributed by atoms with Gasteiger partial charge in [-0.25, -0.2) is 9.97 Å². The zero-order valence-electron chi connectivity index (χ0n) is 13.5. The number of hydrogen-bond donors (Lipinski definition) is 0. The molecule has 2 aromatic heterocycles. The summed E-state index contributed by atoms with van der Waals surface area (Å²) in [6, 6.07) is 16.8. The van der Waals surface area contributed by atoms with Crippen molar-refractivity contribution in [2.24, 2.45) is 0 Å². The Labute approximate surface area is 149 Å². The fourth-order valence-electron chi connectivity index (χ4n) is 2.71. The lowest BCUT2D eigenvalue weighted by molar-refractivity contribution is 1.32. The molecule has 0 aliphatic carbocycles. The van der Waals surface area contributed by atoms with Gasteiger partial charge in [0, 0.05) is 21.9 Å². The molecule has 2 aromatic carbocycles. The van der Waals surface area contributed by atoms with E-state index in [-0.39, 0.29) is 0 Å². The molecule has 0 aliphatic rings. The maximum Gasteiger partial charge on any atom is 0.152 e. The molecule has 0 aliphatic heterocycles. The highest BCUT2D eigenvalue weighted by Crippen LogP contribution is 2.34. The van der Waals surface area contributed by atoms with Gasteiger partial charge >= 0.3 is 0 Å². The largest absolute Gasteiger partial charge is 0.233 e. The summed E-state index contributed by atoms with van der Waals surface area (Å²) in [5.41, 5.74) is 6.92. The quantitative estimate of drug-likeness (QED) is 0.439. The van der Waals surface area contributed by atoms with Gasteiger partial charge in [0.25, 0.3) is 0 Å². The van der Waals surface area contributed by atoms with Crippen molar-refractivity contribution in [3.05, 3.63) is 70.4 Å². The van der Waals surface area contributed by atoms with Crippen LogP contribution in [-0.4, -0.2) is 9.97 Å². The normalized spacial score (nSPS) is 10.9. The summed E-state index contributed by atoms with van der Waals surface area (Å²) in [4.78, 5) is 9.58. The van der Waals surface area contributed by atoms with Crippen LogP contribution in [0.15, 0.2) is 59.3 Å². The molecule has 118 valence electrons. The van der Waals surface area contributed by atoms with E-state index in [0.29, 0.717) is 0 Å². The predicted octanol–water partition coefficient (Wildman–Crippen LogP) is 6.22. The topological polar surface area (TPSA) is 25.8 Å². The second-order valence-corrected chi connectivity index (χ2v) is 7.48. The third-order valence-electron chi connectivity index (χ3n) is 3.92. The Kier molecular flexibility index (Phi) is 4.00. The van der Waals surface area contributed by atoms with Crippen LogP contribution in [0, 0.1) is 13.8 Å². The molecular weight excluding hydrogens is 332 g/mol. The average Bonchev–Trinajstić information content (AvgIpc) is 3.25. The van der Waals surface area contributed by atoms with Crippen LogP contribution in [0.3, 0.4) is 0 Å². The smallest absolute Gasteiger partial charge is 0.152 e. The number of rotatable bonds is 3. The van der Waals surface area contributed by atoms with E-state index < -0.39 is 0 Å². The highest BCUT2D eigenvalue weighted by Gasteiger charge is 2.12. The maximum absolute atomic E-state index is 4.81. The minimum Gasteiger partial charge on any atom is -0.233 e. The summed E-state index contributed by atoms with van der Waals surface area (Å²) in [5.74, 6) is 0. The van der Waals surface area contributed by atoms with E-state index >= 15 is 0 Å². The van der Waals surface area contributed by atoms with Crippen molar-refractivity contribution in [2.75, 3.05) is 0 Å². The number of benzene rings is 2. The van der Waals surface area contributed by atoms with Gasteiger partial charge in [-0.15, -0.1) is 22.7 Å². The summed E-state index contributed by atoms with van der Waals surface area (Å²) in [7, 11) is 0. The molecule has 0 unspecified atom stereocenters. The first-order valence-corrected chi connectivity index (χ1v) is 9.51. The molecule has 0 radical (unpaired) electrons. The molecule has 0 saturated carbocycles. The van der Waals surface area contributed by atoms with Crippen molar-refractivity contribution in [2.45, 2.75) is 13.8 Å². The summed E-state index contributed by atoms with van der Waals surface area (Å²) < 4.78 is 0. The zero-order valence-corrected chi connectivity index (χ0v) is 15.1. The van der Waals surface area contributed by atoms with Crippen molar-refractivity contribution in [3.63, 3.8) is 0 Å². The second kappa shape index (κ2) is 6.30. The van der Waals surface area contributed by atoms with Crippen molar-refractivity contribution >= 4 is 22.7 Å². The van der Waals surface area contributed by atoms with Crippen LogP contribution in [0.4, 0.5) is 0 Å². The van der Waals surface area contributed by atoms with Gasteiger partial charge in [0.15, 0.2) is 10.0 Å². The molecule has 0 bridgehead atoms. The van der Waals surface area contributed by atoms with E-state index in [2.05, 4.69) is 54.9 Å². The second-order valence-electron chi connectivity index (χ2n) is 5.76. The summed E-state index contributed by atoms with van der Waals surface area (Å²) >= 11 is 3.31. The first-order chi connectivity index (χ1) is 11.7. The van der Waals surface area contributed by atoms with E-state index in [1.54, 1.807) is 22.7 Å². The first kappa shape index (κ1) is 15.2.